The largest absolute Gasteiger partial charge is 0.383 e. The van der Waals surface area contributed by atoms with Gasteiger partial charge in [0.05, 0.1) is 19.3 Å². The van der Waals surface area contributed by atoms with Crippen molar-refractivity contribution >= 4 is 0 Å². The number of rotatable bonds is 8. The third-order valence-corrected chi connectivity index (χ3v) is 3.33. The minimum absolute atomic E-state index is 0.465. The second-order valence-corrected chi connectivity index (χ2v) is 4.94. The van der Waals surface area contributed by atoms with Gasteiger partial charge < -0.3 is 14.8 Å². The van der Waals surface area contributed by atoms with Gasteiger partial charge in [-0.2, -0.15) is 0 Å². The van der Waals surface area contributed by atoms with E-state index < -0.39 is 0 Å². The molecule has 0 saturated carbocycles. The summed E-state index contributed by atoms with van der Waals surface area (Å²) in [5, 5.41) is 3.35. The van der Waals surface area contributed by atoms with Crippen molar-refractivity contribution in [3.8, 4) is 0 Å². The summed E-state index contributed by atoms with van der Waals surface area (Å²) < 4.78 is 11.0. The van der Waals surface area contributed by atoms with Gasteiger partial charge in [-0.25, -0.2) is 0 Å². The van der Waals surface area contributed by atoms with E-state index in [1.165, 1.54) is 0 Å². The molecule has 0 amide bonds. The molecule has 0 spiro atoms. The number of nitrogens with one attached hydrogen (secondary N) is 1. The first-order valence-electron chi connectivity index (χ1n) is 6.79. The molecule has 1 aliphatic rings. The fourth-order valence-electron chi connectivity index (χ4n) is 2.14. The molecular weight excluding hydrogens is 216 g/mol. The van der Waals surface area contributed by atoms with Gasteiger partial charge in [-0.05, 0) is 39.8 Å². The molecule has 102 valence electrons. The molecule has 4 nitrogen and oxygen atoms in total. The standard InChI is InChI=1S/C13H28N2O2/c1-12(2)15(8-10-16-3)9-11-17-13-4-6-14-7-5-13/h12-14H,4-11H2,1-3H3. The zero-order valence-electron chi connectivity index (χ0n) is 11.6. The molecule has 0 aromatic carbocycles. The Morgan fingerprint density at radius 3 is 2.41 bits per heavy atom. The van der Waals surface area contributed by atoms with E-state index in [-0.39, 0.29) is 0 Å². The third-order valence-electron chi connectivity index (χ3n) is 3.33. The first-order valence-corrected chi connectivity index (χ1v) is 6.79. The van der Waals surface area contributed by atoms with Crippen LogP contribution in [0.3, 0.4) is 0 Å². The molecule has 0 aromatic rings. The molecule has 1 saturated heterocycles. The van der Waals surface area contributed by atoms with Crippen LogP contribution in [0.15, 0.2) is 0 Å². The molecule has 1 fully saturated rings. The number of hydrogen-bond acceptors (Lipinski definition) is 4. The molecule has 0 aliphatic carbocycles. The van der Waals surface area contributed by atoms with Crippen LogP contribution >= 0.6 is 0 Å². The minimum atomic E-state index is 0.465. The molecule has 0 radical (unpaired) electrons. The first kappa shape index (κ1) is 14.9. The van der Waals surface area contributed by atoms with Gasteiger partial charge in [-0.1, -0.05) is 0 Å². The Morgan fingerprint density at radius 1 is 1.18 bits per heavy atom. The lowest BCUT2D eigenvalue weighted by atomic mass is 10.1. The SMILES string of the molecule is COCCN(CCOC1CCNCC1)C(C)C. The Hall–Kier alpha value is -0.160. The third kappa shape index (κ3) is 6.36. The predicted molar refractivity (Wildman–Crippen MR) is 70.4 cm³/mol. The van der Waals surface area contributed by atoms with Gasteiger partial charge >= 0.3 is 0 Å². The average Bonchev–Trinajstić information content (AvgIpc) is 2.34. The first-order chi connectivity index (χ1) is 8.24. The minimum Gasteiger partial charge on any atom is -0.383 e. The second kappa shape index (κ2) is 8.86. The summed E-state index contributed by atoms with van der Waals surface area (Å²) in [7, 11) is 1.75. The lowest BCUT2D eigenvalue weighted by Gasteiger charge is -2.28. The van der Waals surface area contributed by atoms with Gasteiger partial charge in [0.1, 0.15) is 0 Å². The Bertz CT molecular complexity index is 182. The zero-order valence-corrected chi connectivity index (χ0v) is 11.6. The summed E-state index contributed by atoms with van der Waals surface area (Å²) in [6.07, 6.45) is 2.77. The van der Waals surface area contributed by atoms with Gasteiger partial charge in [0.2, 0.25) is 0 Å². The highest BCUT2D eigenvalue weighted by Gasteiger charge is 2.14. The van der Waals surface area contributed by atoms with Crippen molar-refractivity contribution < 1.29 is 9.47 Å². The fourth-order valence-corrected chi connectivity index (χ4v) is 2.14. The molecule has 17 heavy (non-hydrogen) atoms. The summed E-state index contributed by atoms with van der Waals surface area (Å²) >= 11 is 0. The molecule has 0 aromatic heterocycles. The van der Waals surface area contributed by atoms with Gasteiger partial charge in [-0.3, -0.25) is 4.90 Å². The van der Waals surface area contributed by atoms with E-state index in [9.17, 15) is 0 Å². The molecule has 1 heterocycles. The molecule has 4 heteroatoms. The predicted octanol–water partition coefficient (Wildman–Crippen LogP) is 1.11. The molecule has 1 aliphatic heterocycles. The quantitative estimate of drug-likeness (QED) is 0.693. The lowest BCUT2D eigenvalue weighted by molar-refractivity contribution is 0.0121. The van der Waals surface area contributed by atoms with Crippen molar-refractivity contribution in [3.05, 3.63) is 0 Å². The van der Waals surface area contributed by atoms with Crippen molar-refractivity contribution in [3.63, 3.8) is 0 Å². The van der Waals surface area contributed by atoms with E-state index in [1.54, 1.807) is 7.11 Å². The Kier molecular flexibility index (Phi) is 7.77. The summed E-state index contributed by atoms with van der Waals surface area (Å²) in [5.74, 6) is 0. The van der Waals surface area contributed by atoms with Crippen LogP contribution in [-0.2, 0) is 9.47 Å². The van der Waals surface area contributed by atoms with Crippen molar-refractivity contribution in [2.24, 2.45) is 0 Å². The fraction of sp³-hybridized carbons (Fsp3) is 1.00. The maximum absolute atomic E-state index is 5.92. The topological polar surface area (TPSA) is 33.7 Å². The normalized spacial score (nSPS) is 18.2. The van der Waals surface area contributed by atoms with Gasteiger partial charge in [-0.15, -0.1) is 0 Å². The summed E-state index contributed by atoms with van der Waals surface area (Å²) in [6.45, 7) is 10.3. The molecular formula is C13H28N2O2. The van der Waals surface area contributed by atoms with E-state index in [4.69, 9.17) is 9.47 Å². The van der Waals surface area contributed by atoms with Crippen LogP contribution in [-0.4, -0.2) is 63.5 Å². The number of ether oxygens (including phenoxy) is 2. The van der Waals surface area contributed by atoms with Crippen molar-refractivity contribution in [1.82, 2.24) is 10.2 Å². The van der Waals surface area contributed by atoms with E-state index in [0.717, 1.165) is 52.2 Å². The highest BCUT2D eigenvalue weighted by atomic mass is 16.5. The Morgan fingerprint density at radius 2 is 1.82 bits per heavy atom. The number of piperidine rings is 1. The molecule has 1 N–H and O–H groups in total. The summed E-state index contributed by atoms with van der Waals surface area (Å²) in [5.41, 5.74) is 0. The van der Waals surface area contributed by atoms with E-state index in [2.05, 4.69) is 24.1 Å². The Balaban J connectivity index is 2.12. The second-order valence-electron chi connectivity index (χ2n) is 4.94. The number of hydrogen-bond donors (Lipinski definition) is 1. The zero-order chi connectivity index (χ0) is 12.5. The Labute approximate surface area is 106 Å². The lowest BCUT2D eigenvalue weighted by Crippen LogP contribution is -2.38. The van der Waals surface area contributed by atoms with Crippen LogP contribution in [0.25, 0.3) is 0 Å². The maximum atomic E-state index is 5.92. The van der Waals surface area contributed by atoms with Gasteiger partial charge in [0.25, 0.3) is 0 Å². The molecule has 0 unspecified atom stereocenters. The molecule has 0 bridgehead atoms. The molecule has 0 atom stereocenters. The maximum Gasteiger partial charge on any atom is 0.0600 e. The van der Waals surface area contributed by atoms with Crippen molar-refractivity contribution in [2.75, 3.05) is 46.5 Å². The van der Waals surface area contributed by atoms with Crippen LogP contribution in [0.2, 0.25) is 0 Å². The average molecular weight is 244 g/mol. The summed E-state index contributed by atoms with van der Waals surface area (Å²) in [6, 6.07) is 0.557. The highest BCUT2D eigenvalue weighted by Crippen LogP contribution is 2.07. The van der Waals surface area contributed by atoms with Crippen LogP contribution in [0.4, 0.5) is 0 Å². The van der Waals surface area contributed by atoms with Gasteiger partial charge in [0.15, 0.2) is 0 Å². The summed E-state index contributed by atoms with van der Waals surface area (Å²) in [4.78, 5) is 2.41. The van der Waals surface area contributed by atoms with Crippen molar-refractivity contribution in [1.29, 1.82) is 0 Å². The van der Waals surface area contributed by atoms with Crippen LogP contribution in [0, 0.1) is 0 Å². The van der Waals surface area contributed by atoms with E-state index in [0.29, 0.717) is 12.1 Å². The number of nitrogens with zero attached hydrogens (tertiary/aromatic N) is 1. The monoisotopic (exact) mass is 244 g/mol. The highest BCUT2D eigenvalue weighted by molar-refractivity contribution is 4.69. The van der Waals surface area contributed by atoms with Crippen LogP contribution in [0.1, 0.15) is 26.7 Å². The number of methoxy groups -OCH3 is 1. The van der Waals surface area contributed by atoms with E-state index >= 15 is 0 Å². The van der Waals surface area contributed by atoms with Gasteiger partial charge in [0, 0.05) is 26.2 Å². The molecule has 1 rings (SSSR count). The van der Waals surface area contributed by atoms with Crippen LogP contribution in [0.5, 0.6) is 0 Å². The van der Waals surface area contributed by atoms with Crippen molar-refractivity contribution in [2.45, 2.75) is 38.8 Å². The van der Waals surface area contributed by atoms with Crippen LogP contribution < -0.4 is 5.32 Å². The van der Waals surface area contributed by atoms with E-state index in [1.807, 2.05) is 0 Å². The smallest absolute Gasteiger partial charge is 0.0600 e.